The van der Waals surface area contributed by atoms with Crippen LogP contribution in [-0.4, -0.2) is 27.3 Å². The number of rotatable bonds is 6. The summed E-state index contributed by atoms with van der Waals surface area (Å²) in [5.74, 6) is 0.112. The SMILES string of the molecule is Cc1occc1-c1nnc(S[C@@H](C)C(=O)Nc2sccc2C(N)=O)o1. The molecule has 10 heteroatoms. The van der Waals surface area contributed by atoms with Crippen molar-refractivity contribution in [1.82, 2.24) is 10.2 Å². The van der Waals surface area contributed by atoms with Gasteiger partial charge in [0.1, 0.15) is 10.8 Å². The molecule has 0 aliphatic rings. The standard InChI is InChI=1S/C15H14N4O4S2/c1-7-9(3-5-22-7)13-18-19-15(23-13)25-8(2)12(21)17-14-10(11(16)20)4-6-24-14/h3-6,8H,1-2H3,(H2,16,20)(H,17,21)/t8-/m0/s1. The number of furan rings is 1. The second kappa shape index (κ2) is 7.11. The van der Waals surface area contributed by atoms with Crippen molar-refractivity contribution in [3.05, 3.63) is 35.1 Å². The molecule has 0 saturated carbocycles. The van der Waals surface area contributed by atoms with E-state index in [0.29, 0.717) is 22.2 Å². The van der Waals surface area contributed by atoms with E-state index in [4.69, 9.17) is 14.6 Å². The molecule has 3 N–H and O–H groups in total. The Balaban J connectivity index is 1.66. The number of nitrogens with two attached hydrogens (primary N) is 1. The quantitative estimate of drug-likeness (QED) is 0.632. The molecule has 2 amide bonds. The molecule has 0 fully saturated rings. The van der Waals surface area contributed by atoms with E-state index in [1.165, 1.54) is 17.6 Å². The number of aromatic nitrogens is 2. The third-order valence-electron chi connectivity index (χ3n) is 3.31. The zero-order valence-corrected chi connectivity index (χ0v) is 14.9. The van der Waals surface area contributed by atoms with Crippen LogP contribution in [0.5, 0.6) is 0 Å². The van der Waals surface area contributed by atoms with Crippen molar-refractivity contribution in [2.24, 2.45) is 5.73 Å². The van der Waals surface area contributed by atoms with Gasteiger partial charge in [-0.3, -0.25) is 9.59 Å². The Hall–Kier alpha value is -2.59. The topological polar surface area (TPSA) is 124 Å². The first kappa shape index (κ1) is 17.2. The van der Waals surface area contributed by atoms with Gasteiger partial charge in [0.25, 0.3) is 17.0 Å². The summed E-state index contributed by atoms with van der Waals surface area (Å²) >= 11 is 2.35. The summed E-state index contributed by atoms with van der Waals surface area (Å²) in [5, 5.41) is 12.4. The van der Waals surface area contributed by atoms with Gasteiger partial charge in [-0.15, -0.1) is 21.5 Å². The van der Waals surface area contributed by atoms with Crippen molar-refractivity contribution in [1.29, 1.82) is 0 Å². The number of hydrogen-bond donors (Lipinski definition) is 2. The molecule has 3 heterocycles. The molecule has 3 rings (SSSR count). The van der Waals surface area contributed by atoms with Crippen LogP contribution in [0.1, 0.15) is 23.0 Å². The zero-order valence-electron chi connectivity index (χ0n) is 13.3. The van der Waals surface area contributed by atoms with Gasteiger partial charge < -0.3 is 19.9 Å². The van der Waals surface area contributed by atoms with Gasteiger partial charge in [0.2, 0.25) is 5.91 Å². The van der Waals surface area contributed by atoms with E-state index < -0.39 is 11.2 Å². The average Bonchev–Trinajstić information content (AvgIpc) is 3.27. The van der Waals surface area contributed by atoms with Gasteiger partial charge in [-0.05, 0) is 31.4 Å². The molecule has 0 aliphatic heterocycles. The van der Waals surface area contributed by atoms with E-state index in [1.807, 2.05) is 0 Å². The van der Waals surface area contributed by atoms with Crippen LogP contribution in [0.4, 0.5) is 5.00 Å². The smallest absolute Gasteiger partial charge is 0.277 e. The molecule has 0 spiro atoms. The summed E-state index contributed by atoms with van der Waals surface area (Å²) in [4.78, 5) is 23.6. The first-order chi connectivity index (χ1) is 12.0. The molecule has 0 aliphatic carbocycles. The number of carbonyl (C=O) groups is 2. The van der Waals surface area contributed by atoms with Crippen LogP contribution >= 0.6 is 23.1 Å². The van der Waals surface area contributed by atoms with Crippen molar-refractivity contribution >= 4 is 39.9 Å². The summed E-state index contributed by atoms with van der Waals surface area (Å²) in [5.41, 5.74) is 6.26. The minimum atomic E-state index is -0.589. The summed E-state index contributed by atoms with van der Waals surface area (Å²) < 4.78 is 10.8. The van der Waals surface area contributed by atoms with Gasteiger partial charge in [0.15, 0.2) is 0 Å². The molecule has 25 heavy (non-hydrogen) atoms. The number of primary amides is 1. The van der Waals surface area contributed by atoms with Gasteiger partial charge in [0, 0.05) is 0 Å². The molecular formula is C15H14N4O4S2. The molecule has 0 aromatic carbocycles. The number of aryl methyl sites for hydroxylation is 1. The zero-order chi connectivity index (χ0) is 18.0. The van der Waals surface area contributed by atoms with E-state index in [-0.39, 0.29) is 16.7 Å². The Labute approximate surface area is 150 Å². The Kier molecular flexibility index (Phi) is 4.91. The van der Waals surface area contributed by atoms with Crippen molar-refractivity contribution in [2.75, 3.05) is 5.32 Å². The lowest BCUT2D eigenvalue weighted by Gasteiger charge is -2.09. The van der Waals surface area contributed by atoms with Crippen LogP contribution in [0.2, 0.25) is 0 Å². The van der Waals surface area contributed by atoms with Crippen LogP contribution < -0.4 is 11.1 Å². The molecule has 3 aromatic rings. The first-order valence-electron chi connectivity index (χ1n) is 7.18. The van der Waals surface area contributed by atoms with Crippen molar-refractivity contribution in [3.63, 3.8) is 0 Å². The molecule has 1 atom stereocenters. The Morgan fingerprint density at radius 2 is 2.16 bits per heavy atom. The third-order valence-corrected chi connectivity index (χ3v) is 5.07. The minimum absolute atomic E-state index is 0.263. The lowest BCUT2D eigenvalue weighted by molar-refractivity contribution is -0.115. The van der Waals surface area contributed by atoms with Gasteiger partial charge in [0.05, 0.1) is 22.6 Å². The van der Waals surface area contributed by atoms with Crippen molar-refractivity contribution in [2.45, 2.75) is 24.3 Å². The largest absolute Gasteiger partial charge is 0.469 e. The molecule has 130 valence electrons. The number of anilines is 1. The fourth-order valence-corrected chi connectivity index (χ4v) is 3.47. The van der Waals surface area contributed by atoms with E-state index in [0.717, 1.165) is 11.8 Å². The molecule has 0 bridgehead atoms. The number of amides is 2. The normalized spacial score (nSPS) is 12.1. The molecule has 3 aromatic heterocycles. The second-order valence-corrected chi connectivity index (χ2v) is 7.25. The van der Waals surface area contributed by atoms with Crippen LogP contribution in [0.25, 0.3) is 11.5 Å². The van der Waals surface area contributed by atoms with E-state index in [2.05, 4.69) is 15.5 Å². The van der Waals surface area contributed by atoms with E-state index in [9.17, 15) is 9.59 Å². The highest BCUT2D eigenvalue weighted by molar-refractivity contribution is 8.00. The number of thioether (sulfide) groups is 1. The van der Waals surface area contributed by atoms with Crippen LogP contribution in [0.3, 0.4) is 0 Å². The predicted molar refractivity (Wildman–Crippen MR) is 93.5 cm³/mol. The number of nitrogens with one attached hydrogen (secondary N) is 1. The van der Waals surface area contributed by atoms with Crippen molar-refractivity contribution < 1.29 is 18.4 Å². The lowest BCUT2D eigenvalue weighted by Crippen LogP contribution is -2.23. The number of thiophene rings is 1. The van der Waals surface area contributed by atoms with Gasteiger partial charge in [-0.2, -0.15) is 0 Å². The predicted octanol–water partition coefficient (Wildman–Crippen LogP) is 2.92. The van der Waals surface area contributed by atoms with E-state index >= 15 is 0 Å². The maximum Gasteiger partial charge on any atom is 0.277 e. The summed E-state index contributed by atoms with van der Waals surface area (Å²) in [7, 11) is 0. The fraction of sp³-hybridized carbons (Fsp3) is 0.200. The maximum atomic E-state index is 12.3. The first-order valence-corrected chi connectivity index (χ1v) is 8.94. The summed E-state index contributed by atoms with van der Waals surface area (Å²) in [6, 6.07) is 3.30. The van der Waals surface area contributed by atoms with Crippen LogP contribution in [0.15, 0.2) is 37.8 Å². The lowest BCUT2D eigenvalue weighted by atomic mass is 10.3. The number of carbonyl (C=O) groups excluding carboxylic acids is 2. The highest BCUT2D eigenvalue weighted by Gasteiger charge is 2.21. The number of nitrogens with zero attached hydrogens (tertiary/aromatic N) is 2. The Morgan fingerprint density at radius 3 is 2.84 bits per heavy atom. The maximum absolute atomic E-state index is 12.3. The Morgan fingerprint density at radius 1 is 1.36 bits per heavy atom. The van der Waals surface area contributed by atoms with E-state index in [1.54, 1.807) is 31.4 Å². The molecule has 0 unspecified atom stereocenters. The highest BCUT2D eigenvalue weighted by atomic mass is 32.2. The van der Waals surface area contributed by atoms with Gasteiger partial charge in [-0.25, -0.2) is 0 Å². The average molecular weight is 378 g/mol. The van der Waals surface area contributed by atoms with Crippen LogP contribution in [0, 0.1) is 6.92 Å². The van der Waals surface area contributed by atoms with Gasteiger partial charge >= 0.3 is 0 Å². The molecule has 0 radical (unpaired) electrons. The minimum Gasteiger partial charge on any atom is -0.469 e. The van der Waals surface area contributed by atoms with Crippen LogP contribution in [-0.2, 0) is 4.79 Å². The van der Waals surface area contributed by atoms with Gasteiger partial charge in [-0.1, -0.05) is 11.8 Å². The summed E-state index contributed by atoms with van der Waals surface area (Å²) in [6.45, 7) is 3.49. The third kappa shape index (κ3) is 3.74. The summed E-state index contributed by atoms with van der Waals surface area (Å²) in [6.07, 6.45) is 1.54. The molecule has 8 nitrogen and oxygen atoms in total. The monoisotopic (exact) mass is 378 g/mol. The Bertz CT molecular complexity index is 914. The second-order valence-electron chi connectivity index (χ2n) is 5.04. The number of hydrogen-bond acceptors (Lipinski definition) is 8. The highest BCUT2D eigenvalue weighted by Crippen LogP contribution is 2.29. The molecule has 0 saturated heterocycles. The fourth-order valence-electron chi connectivity index (χ4n) is 1.99. The van der Waals surface area contributed by atoms with Crippen molar-refractivity contribution in [3.8, 4) is 11.5 Å². The molecular weight excluding hydrogens is 364 g/mol.